The second-order valence-electron chi connectivity index (χ2n) is 4.48. The highest BCUT2D eigenvalue weighted by atomic mass is 35.5. The van der Waals surface area contributed by atoms with Crippen LogP contribution in [0.5, 0.6) is 0 Å². The van der Waals surface area contributed by atoms with Crippen molar-refractivity contribution in [3.8, 4) is 0 Å². The third kappa shape index (κ3) is 3.25. The molecule has 0 spiro atoms. The van der Waals surface area contributed by atoms with Crippen molar-refractivity contribution in [3.05, 3.63) is 58.1 Å². The van der Waals surface area contributed by atoms with Gasteiger partial charge in [-0.1, -0.05) is 29.9 Å². The van der Waals surface area contributed by atoms with Crippen LogP contribution in [0.3, 0.4) is 0 Å². The summed E-state index contributed by atoms with van der Waals surface area (Å²) < 4.78 is 0. The van der Waals surface area contributed by atoms with Crippen LogP contribution in [0.4, 0.5) is 11.4 Å². The van der Waals surface area contributed by atoms with Gasteiger partial charge in [0.1, 0.15) is 4.99 Å². The molecule has 4 heteroatoms. The Morgan fingerprint density at radius 2 is 1.68 bits per heavy atom. The van der Waals surface area contributed by atoms with Crippen LogP contribution in [-0.2, 0) is 0 Å². The molecule has 2 aromatic carbocycles. The van der Waals surface area contributed by atoms with Gasteiger partial charge < -0.3 is 11.1 Å². The molecule has 0 aliphatic rings. The van der Waals surface area contributed by atoms with E-state index in [2.05, 4.69) is 5.32 Å². The fourth-order valence-electron chi connectivity index (χ4n) is 1.86. The molecular weight excluding hydrogens is 276 g/mol. The van der Waals surface area contributed by atoms with Crippen molar-refractivity contribution in [1.29, 1.82) is 0 Å². The molecule has 0 fully saturated rings. The van der Waals surface area contributed by atoms with Gasteiger partial charge >= 0.3 is 0 Å². The van der Waals surface area contributed by atoms with Gasteiger partial charge in [0.25, 0.3) is 0 Å². The Labute approximate surface area is 123 Å². The maximum atomic E-state index is 6.10. The topological polar surface area (TPSA) is 38.0 Å². The zero-order chi connectivity index (χ0) is 14.0. The first-order valence-electron chi connectivity index (χ1n) is 5.91. The lowest BCUT2D eigenvalue weighted by Crippen LogP contribution is -2.11. The number of nitrogens with one attached hydrogen (secondary N) is 1. The molecule has 0 atom stereocenters. The number of hydrogen-bond donors (Lipinski definition) is 2. The minimum absolute atomic E-state index is 0.419. The van der Waals surface area contributed by atoms with E-state index >= 15 is 0 Å². The van der Waals surface area contributed by atoms with Gasteiger partial charge in [0, 0.05) is 22.0 Å². The van der Waals surface area contributed by atoms with Crippen molar-refractivity contribution in [2.75, 3.05) is 5.32 Å². The van der Waals surface area contributed by atoms with Crippen LogP contribution in [0.25, 0.3) is 0 Å². The molecular formula is C15H15ClN2S. The van der Waals surface area contributed by atoms with Crippen LogP contribution in [0.1, 0.15) is 16.7 Å². The molecule has 0 heterocycles. The summed E-state index contributed by atoms with van der Waals surface area (Å²) in [6.45, 7) is 3.97. The second kappa shape index (κ2) is 5.59. The number of rotatable bonds is 3. The van der Waals surface area contributed by atoms with E-state index in [1.54, 1.807) is 0 Å². The molecule has 0 unspecified atom stereocenters. The lowest BCUT2D eigenvalue weighted by atomic mass is 10.1. The van der Waals surface area contributed by atoms with Gasteiger partial charge in [0.15, 0.2) is 0 Å². The molecule has 2 rings (SSSR count). The van der Waals surface area contributed by atoms with Crippen LogP contribution in [0, 0.1) is 13.8 Å². The fourth-order valence-corrected chi connectivity index (χ4v) is 2.26. The SMILES string of the molecule is Cc1ccc(Nc2ccc(C(N)=S)c(C)c2)cc1Cl. The molecule has 0 aromatic heterocycles. The van der Waals surface area contributed by atoms with Gasteiger partial charge in [-0.3, -0.25) is 0 Å². The summed E-state index contributed by atoms with van der Waals surface area (Å²) in [4.78, 5) is 0.419. The van der Waals surface area contributed by atoms with Crippen LogP contribution in [-0.4, -0.2) is 4.99 Å². The van der Waals surface area contributed by atoms with E-state index in [-0.39, 0.29) is 0 Å². The lowest BCUT2D eigenvalue weighted by molar-refractivity contribution is 1.41. The van der Waals surface area contributed by atoms with Crippen LogP contribution in [0.2, 0.25) is 5.02 Å². The highest BCUT2D eigenvalue weighted by Gasteiger charge is 2.03. The van der Waals surface area contributed by atoms with Gasteiger partial charge in [-0.2, -0.15) is 0 Å². The first-order valence-corrected chi connectivity index (χ1v) is 6.69. The Kier molecular flexibility index (Phi) is 4.08. The summed E-state index contributed by atoms with van der Waals surface area (Å²) in [5, 5.41) is 4.06. The van der Waals surface area contributed by atoms with Crippen molar-refractivity contribution in [3.63, 3.8) is 0 Å². The fraction of sp³-hybridized carbons (Fsp3) is 0.133. The largest absolute Gasteiger partial charge is 0.389 e. The van der Waals surface area contributed by atoms with Crippen molar-refractivity contribution < 1.29 is 0 Å². The first kappa shape index (κ1) is 13.8. The molecule has 0 saturated heterocycles. The van der Waals surface area contributed by atoms with Crippen molar-refractivity contribution in [2.24, 2.45) is 5.73 Å². The Hall–Kier alpha value is -1.58. The van der Waals surface area contributed by atoms with E-state index in [1.165, 1.54) is 0 Å². The van der Waals surface area contributed by atoms with Crippen LogP contribution >= 0.6 is 23.8 Å². The predicted octanol–water partition coefficient (Wildman–Crippen LogP) is 4.33. The summed E-state index contributed by atoms with van der Waals surface area (Å²) >= 11 is 11.1. The Morgan fingerprint density at radius 3 is 2.26 bits per heavy atom. The monoisotopic (exact) mass is 290 g/mol. The Balaban J connectivity index is 2.26. The number of aryl methyl sites for hydroxylation is 2. The number of benzene rings is 2. The van der Waals surface area contributed by atoms with Gasteiger partial charge in [0.05, 0.1) is 0 Å². The Morgan fingerprint density at radius 1 is 1.05 bits per heavy atom. The second-order valence-corrected chi connectivity index (χ2v) is 5.33. The normalized spacial score (nSPS) is 10.3. The molecule has 2 aromatic rings. The number of hydrogen-bond acceptors (Lipinski definition) is 2. The Bertz CT molecular complexity index is 638. The van der Waals surface area contributed by atoms with E-state index in [1.807, 2.05) is 50.2 Å². The third-order valence-electron chi connectivity index (χ3n) is 2.95. The number of thiocarbonyl (C=S) groups is 1. The maximum absolute atomic E-state index is 6.10. The standard InChI is InChI=1S/C15H15ClN2S/c1-9-3-4-12(8-14(9)16)18-11-5-6-13(15(17)19)10(2)7-11/h3-8,18H,1-2H3,(H2,17,19). The smallest absolute Gasteiger partial charge is 0.104 e. The highest BCUT2D eigenvalue weighted by Crippen LogP contribution is 2.24. The predicted molar refractivity (Wildman–Crippen MR) is 86.5 cm³/mol. The zero-order valence-corrected chi connectivity index (χ0v) is 12.4. The molecule has 0 saturated carbocycles. The average Bonchev–Trinajstić information content (AvgIpc) is 2.33. The van der Waals surface area contributed by atoms with Gasteiger partial charge in [-0.05, 0) is 55.3 Å². The van der Waals surface area contributed by atoms with E-state index in [0.717, 1.165) is 33.1 Å². The molecule has 2 nitrogen and oxygen atoms in total. The van der Waals surface area contributed by atoms with Crippen LogP contribution < -0.4 is 11.1 Å². The lowest BCUT2D eigenvalue weighted by Gasteiger charge is -2.11. The van der Waals surface area contributed by atoms with E-state index < -0.39 is 0 Å². The van der Waals surface area contributed by atoms with Gasteiger partial charge in [-0.15, -0.1) is 0 Å². The quantitative estimate of drug-likeness (QED) is 0.826. The molecule has 98 valence electrons. The number of halogens is 1. The summed E-state index contributed by atoms with van der Waals surface area (Å²) in [5.74, 6) is 0. The zero-order valence-electron chi connectivity index (χ0n) is 10.8. The summed E-state index contributed by atoms with van der Waals surface area (Å²) in [5.41, 5.74) is 10.6. The van der Waals surface area contributed by atoms with E-state index in [4.69, 9.17) is 29.6 Å². The molecule has 0 bridgehead atoms. The summed E-state index contributed by atoms with van der Waals surface area (Å²) in [6, 6.07) is 11.8. The molecule has 0 aliphatic heterocycles. The van der Waals surface area contributed by atoms with Gasteiger partial charge in [-0.25, -0.2) is 0 Å². The van der Waals surface area contributed by atoms with E-state index in [0.29, 0.717) is 4.99 Å². The van der Waals surface area contributed by atoms with Crippen molar-refractivity contribution in [2.45, 2.75) is 13.8 Å². The van der Waals surface area contributed by atoms with Crippen LogP contribution in [0.15, 0.2) is 36.4 Å². The first-order chi connectivity index (χ1) is 8.97. The minimum Gasteiger partial charge on any atom is -0.389 e. The molecule has 0 aliphatic carbocycles. The molecule has 3 N–H and O–H groups in total. The average molecular weight is 291 g/mol. The van der Waals surface area contributed by atoms with Crippen molar-refractivity contribution in [1.82, 2.24) is 0 Å². The molecule has 0 amide bonds. The summed E-state index contributed by atoms with van der Waals surface area (Å²) in [7, 11) is 0. The van der Waals surface area contributed by atoms with Crippen molar-refractivity contribution >= 4 is 40.2 Å². The molecule has 0 radical (unpaired) electrons. The number of anilines is 2. The highest BCUT2D eigenvalue weighted by molar-refractivity contribution is 7.80. The molecule has 19 heavy (non-hydrogen) atoms. The maximum Gasteiger partial charge on any atom is 0.104 e. The number of nitrogens with two attached hydrogens (primary N) is 1. The van der Waals surface area contributed by atoms with Gasteiger partial charge in [0.2, 0.25) is 0 Å². The third-order valence-corrected chi connectivity index (χ3v) is 3.58. The summed E-state index contributed by atoms with van der Waals surface area (Å²) in [6.07, 6.45) is 0. The van der Waals surface area contributed by atoms with E-state index in [9.17, 15) is 0 Å². The minimum atomic E-state index is 0.419.